The van der Waals surface area contributed by atoms with Crippen LogP contribution in [-0.2, 0) is 0 Å². The lowest BCUT2D eigenvalue weighted by atomic mass is 10.4. The molecule has 0 aliphatic carbocycles. The summed E-state index contributed by atoms with van der Waals surface area (Å²) in [6.07, 6.45) is 4.84. The predicted octanol–water partition coefficient (Wildman–Crippen LogP) is 0.516. The van der Waals surface area contributed by atoms with Crippen molar-refractivity contribution in [2.24, 2.45) is 4.99 Å². The summed E-state index contributed by atoms with van der Waals surface area (Å²) in [5.41, 5.74) is 0. The van der Waals surface area contributed by atoms with E-state index in [9.17, 15) is 5.11 Å². The minimum atomic E-state index is -0.315. The Kier molecular flexibility index (Phi) is 4.45. The molecule has 2 aromatic heterocycles. The van der Waals surface area contributed by atoms with Crippen LogP contribution >= 0.6 is 11.8 Å². The molecule has 2 rings (SSSR count). The maximum atomic E-state index is 11.6. The van der Waals surface area contributed by atoms with E-state index in [1.54, 1.807) is 29.3 Å². The average molecular weight is 279 g/mol. The van der Waals surface area contributed by atoms with E-state index < -0.39 is 0 Å². The monoisotopic (exact) mass is 279 g/mol. The summed E-state index contributed by atoms with van der Waals surface area (Å²) in [6.45, 7) is 3.91. The van der Waals surface area contributed by atoms with Crippen molar-refractivity contribution in [1.29, 1.82) is 0 Å². The van der Waals surface area contributed by atoms with Crippen LogP contribution < -0.4 is 9.79 Å². The van der Waals surface area contributed by atoms with Gasteiger partial charge in [0.1, 0.15) is 0 Å². The normalized spacial score (nSPS) is 12.1. The Bertz CT molecular complexity index is 555. The number of nitrogens with zero attached hydrogens (tertiary/aromatic N) is 5. The van der Waals surface area contributed by atoms with Gasteiger partial charge in [0.15, 0.2) is 11.2 Å². The number of hydrogen-bond donors (Lipinski definition) is 0. The number of rotatable bonds is 5. The van der Waals surface area contributed by atoms with Crippen molar-refractivity contribution >= 4 is 23.5 Å². The van der Waals surface area contributed by atoms with Gasteiger partial charge in [0.2, 0.25) is 5.27 Å². The van der Waals surface area contributed by atoms with Crippen LogP contribution in [-0.4, -0.2) is 26.9 Å². The lowest BCUT2D eigenvalue weighted by molar-refractivity contribution is -0.779. The molecule has 0 spiro atoms. The molecule has 0 aliphatic rings. The molecule has 0 amide bonds. The standard InChI is InChI=1S/C11H13N5O2S/c1-8(2)16-6-10(18-15-16)14-9(17)7-19-11-12-4-3-5-13-11/h3-6,8H,7H2,1-2H3. The highest BCUT2D eigenvalue weighted by Crippen LogP contribution is 2.12. The van der Waals surface area contributed by atoms with Crippen molar-refractivity contribution in [2.45, 2.75) is 25.0 Å². The van der Waals surface area contributed by atoms with Crippen LogP contribution in [0.25, 0.3) is 0 Å². The maximum absolute atomic E-state index is 11.6. The van der Waals surface area contributed by atoms with Gasteiger partial charge in [-0.2, -0.15) is 0 Å². The quantitative estimate of drug-likeness (QED) is 0.260. The molecule has 0 N–H and O–H groups in total. The highest BCUT2D eigenvalue weighted by Gasteiger charge is 2.13. The van der Waals surface area contributed by atoms with Crippen molar-refractivity contribution in [3.8, 4) is 0 Å². The number of aromatic nitrogens is 4. The Labute approximate surface area is 114 Å². The molecule has 0 atom stereocenters. The lowest BCUT2D eigenvalue weighted by Crippen LogP contribution is -2.36. The van der Waals surface area contributed by atoms with Crippen LogP contribution in [0.3, 0.4) is 0 Å². The number of thioether (sulfide) groups is 1. The molecule has 0 fully saturated rings. The first kappa shape index (κ1) is 13.5. The third-order valence-electron chi connectivity index (χ3n) is 2.10. The fraction of sp³-hybridized carbons (Fsp3) is 0.364. The molecule has 2 aromatic rings. The summed E-state index contributed by atoms with van der Waals surface area (Å²) in [6, 6.07) is 1.88. The molecule has 19 heavy (non-hydrogen) atoms. The van der Waals surface area contributed by atoms with Crippen LogP contribution in [0.5, 0.6) is 0 Å². The zero-order chi connectivity index (χ0) is 13.7. The Morgan fingerprint density at radius 3 is 2.84 bits per heavy atom. The Morgan fingerprint density at radius 1 is 1.47 bits per heavy atom. The molecule has 0 radical (unpaired) electrons. The van der Waals surface area contributed by atoms with Gasteiger partial charge in [-0.1, -0.05) is 11.8 Å². The summed E-state index contributed by atoms with van der Waals surface area (Å²) < 4.78 is 6.53. The molecule has 0 bridgehead atoms. The molecule has 0 saturated heterocycles. The molecule has 0 aromatic carbocycles. The summed E-state index contributed by atoms with van der Waals surface area (Å²) >= 11 is 1.23. The SMILES string of the molecule is CC(C)[n+]1cc(/N=C(\[O-])CSc2ncccn2)on1. The summed E-state index contributed by atoms with van der Waals surface area (Å²) in [4.78, 5) is 11.8. The first-order valence-electron chi connectivity index (χ1n) is 5.67. The molecule has 0 aliphatic heterocycles. The van der Waals surface area contributed by atoms with Gasteiger partial charge in [0.25, 0.3) is 6.20 Å². The first-order valence-corrected chi connectivity index (χ1v) is 6.66. The fourth-order valence-corrected chi connectivity index (χ4v) is 1.77. The highest BCUT2D eigenvalue weighted by molar-refractivity contribution is 7.99. The van der Waals surface area contributed by atoms with Crippen LogP contribution in [0.1, 0.15) is 19.9 Å². The summed E-state index contributed by atoms with van der Waals surface area (Å²) in [5, 5.41) is 15.9. The van der Waals surface area contributed by atoms with Gasteiger partial charge >= 0.3 is 5.88 Å². The molecule has 100 valence electrons. The van der Waals surface area contributed by atoms with Gasteiger partial charge in [-0.3, -0.25) is 4.52 Å². The molecule has 7 nitrogen and oxygen atoms in total. The molecule has 0 saturated carbocycles. The minimum Gasteiger partial charge on any atom is -0.861 e. The Morgan fingerprint density at radius 2 is 2.21 bits per heavy atom. The van der Waals surface area contributed by atoms with Crippen molar-refractivity contribution < 1.29 is 14.3 Å². The van der Waals surface area contributed by atoms with Crippen LogP contribution in [0, 0.1) is 0 Å². The summed E-state index contributed by atoms with van der Waals surface area (Å²) in [7, 11) is 0. The molecule has 8 heteroatoms. The van der Waals surface area contributed by atoms with Crippen molar-refractivity contribution in [1.82, 2.24) is 15.2 Å². The molecule has 0 unspecified atom stereocenters. The molecule has 2 heterocycles. The summed E-state index contributed by atoms with van der Waals surface area (Å²) in [5.74, 6) is 0.0460. The van der Waals surface area contributed by atoms with E-state index in [1.807, 2.05) is 13.8 Å². The average Bonchev–Trinajstić information content (AvgIpc) is 2.86. The third kappa shape index (κ3) is 4.02. The molecular weight excluding hydrogens is 266 g/mol. The van der Waals surface area contributed by atoms with Gasteiger partial charge in [0, 0.05) is 18.1 Å². The maximum Gasteiger partial charge on any atom is 0.320 e. The van der Waals surface area contributed by atoms with E-state index in [2.05, 4.69) is 20.2 Å². The predicted molar refractivity (Wildman–Crippen MR) is 66.9 cm³/mol. The van der Waals surface area contributed by atoms with E-state index in [0.29, 0.717) is 5.16 Å². The third-order valence-corrected chi connectivity index (χ3v) is 2.96. The van der Waals surface area contributed by atoms with Crippen LogP contribution in [0.15, 0.2) is 39.3 Å². The second-order valence-electron chi connectivity index (χ2n) is 3.94. The number of aliphatic imine (C=N–C) groups is 1. The smallest absolute Gasteiger partial charge is 0.320 e. The zero-order valence-corrected chi connectivity index (χ0v) is 11.4. The van der Waals surface area contributed by atoms with Gasteiger partial charge in [-0.25, -0.2) is 15.0 Å². The Balaban J connectivity index is 1.95. The van der Waals surface area contributed by atoms with E-state index in [4.69, 9.17) is 4.52 Å². The highest BCUT2D eigenvalue weighted by atomic mass is 32.2. The van der Waals surface area contributed by atoms with Crippen LogP contribution in [0.2, 0.25) is 0 Å². The Hall–Kier alpha value is -1.96. The second kappa shape index (κ2) is 6.28. The van der Waals surface area contributed by atoms with Crippen LogP contribution in [0.4, 0.5) is 5.88 Å². The fourth-order valence-electron chi connectivity index (χ4n) is 1.18. The van der Waals surface area contributed by atoms with E-state index >= 15 is 0 Å². The lowest BCUT2D eigenvalue weighted by Gasteiger charge is -2.06. The van der Waals surface area contributed by atoms with Crippen molar-refractivity contribution in [2.75, 3.05) is 5.75 Å². The van der Waals surface area contributed by atoms with E-state index in [1.165, 1.54) is 11.8 Å². The molecular formula is C11H13N5O2S. The van der Waals surface area contributed by atoms with Crippen molar-refractivity contribution in [3.63, 3.8) is 0 Å². The first-order chi connectivity index (χ1) is 9.15. The van der Waals surface area contributed by atoms with E-state index in [-0.39, 0.29) is 23.6 Å². The van der Waals surface area contributed by atoms with Gasteiger partial charge in [-0.15, -0.1) is 0 Å². The van der Waals surface area contributed by atoms with Gasteiger partial charge in [0.05, 0.1) is 0 Å². The van der Waals surface area contributed by atoms with E-state index in [0.717, 1.165) is 0 Å². The second-order valence-corrected chi connectivity index (χ2v) is 4.88. The van der Waals surface area contributed by atoms with Gasteiger partial charge in [-0.05, 0) is 30.5 Å². The largest absolute Gasteiger partial charge is 0.861 e. The van der Waals surface area contributed by atoms with Crippen molar-refractivity contribution in [3.05, 3.63) is 24.7 Å². The topological polar surface area (TPSA) is 91.1 Å². The number of hydrogen-bond acceptors (Lipinski definition) is 7. The minimum absolute atomic E-state index is 0.159. The van der Waals surface area contributed by atoms with Gasteiger partial charge < -0.3 is 5.11 Å². The zero-order valence-electron chi connectivity index (χ0n) is 10.6.